The lowest BCUT2D eigenvalue weighted by molar-refractivity contribution is 0.595. The second-order valence-corrected chi connectivity index (χ2v) is 6.05. The van der Waals surface area contributed by atoms with Crippen molar-refractivity contribution in [3.05, 3.63) is 24.8 Å². The molecule has 0 aromatic carbocycles. The number of nitrogens with zero attached hydrogens (tertiary/aromatic N) is 5. The second-order valence-electron chi connectivity index (χ2n) is 3.36. The van der Waals surface area contributed by atoms with Crippen LogP contribution in [0.4, 0.5) is 0 Å². The largest absolute Gasteiger partial charge is 0.267 e. The normalized spacial score (nSPS) is 12.1. The minimum absolute atomic E-state index is 0.171. The third-order valence-electron chi connectivity index (χ3n) is 2.09. The number of rotatable bonds is 2. The van der Waals surface area contributed by atoms with Gasteiger partial charge in [0.2, 0.25) is 9.30 Å². The predicted molar refractivity (Wildman–Crippen MR) is 63.3 cm³/mol. The number of fused-ring (bicyclic) bond motifs is 1. The topological polar surface area (TPSA) is 116 Å². The Morgan fingerprint density at radius 3 is 2.72 bits per heavy atom. The van der Waals surface area contributed by atoms with Gasteiger partial charge in [0.1, 0.15) is 11.4 Å². The third-order valence-corrected chi connectivity index (χ3v) is 4.33. The van der Waals surface area contributed by atoms with E-state index in [9.17, 15) is 8.42 Å². The number of hydrogen-bond acceptors (Lipinski definition) is 7. The first kappa shape index (κ1) is 11.2. The molecule has 0 saturated carbocycles. The molecule has 8 nitrogen and oxygen atoms in total. The van der Waals surface area contributed by atoms with Crippen molar-refractivity contribution in [2.75, 3.05) is 0 Å². The zero-order chi connectivity index (χ0) is 12.8. The molecule has 0 aliphatic rings. The molecule has 92 valence electrons. The van der Waals surface area contributed by atoms with E-state index in [4.69, 9.17) is 5.14 Å². The van der Waals surface area contributed by atoms with Gasteiger partial charge in [-0.15, -0.1) is 5.10 Å². The maximum Gasteiger partial charge on any atom is 0.267 e. The van der Waals surface area contributed by atoms with Gasteiger partial charge in [-0.3, -0.25) is 9.97 Å². The number of imidazole rings is 1. The minimum Gasteiger partial charge on any atom is -0.261 e. The van der Waals surface area contributed by atoms with Crippen LogP contribution in [-0.4, -0.2) is 33.0 Å². The van der Waals surface area contributed by atoms with Crippen molar-refractivity contribution in [3.8, 4) is 11.4 Å². The first-order chi connectivity index (χ1) is 8.54. The summed E-state index contributed by atoms with van der Waals surface area (Å²) < 4.78 is 23.4. The fraction of sp³-hybridized carbons (Fsp3) is 0. The van der Waals surface area contributed by atoms with Crippen molar-refractivity contribution in [1.29, 1.82) is 0 Å². The quantitative estimate of drug-likeness (QED) is 0.701. The van der Waals surface area contributed by atoms with Gasteiger partial charge in [-0.1, -0.05) is 11.3 Å². The molecule has 10 heteroatoms. The summed E-state index contributed by atoms with van der Waals surface area (Å²) in [5, 5.41) is 8.83. The molecule has 0 saturated heterocycles. The smallest absolute Gasteiger partial charge is 0.261 e. The second kappa shape index (κ2) is 3.80. The van der Waals surface area contributed by atoms with Crippen LogP contribution in [0.2, 0.25) is 0 Å². The summed E-state index contributed by atoms with van der Waals surface area (Å²) in [6, 6.07) is 0. The van der Waals surface area contributed by atoms with Crippen molar-refractivity contribution >= 4 is 26.3 Å². The fourth-order valence-corrected chi connectivity index (χ4v) is 2.86. The molecule has 0 atom stereocenters. The first-order valence-electron chi connectivity index (χ1n) is 4.69. The van der Waals surface area contributed by atoms with Gasteiger partial charge in [0.15, 0.2) is 0 Å². The lowest BCUT2D eigenvalue weighted by Gasteiger charge is -1.91. The lowest BCUT2D eigenvalue weighted by atomic mass is 10.3. The summed E-state index contributed by atoms with van der Waals surface area (Å²) in [7, 11) is -3.79. The van der Waals surface area contributed by atoms with Gasteiger partial charge in [-0.25, -0.2) is 23.1 Å². The Morgan fingerprint density at radius 1 is 1.28 bits per heavy atom. The first-order valence-corrected chi connectivity index (χ1v) is 7.06. The Hall–Kier alpha value is -1.91. The number of aromatic nitrogens is 5. The molecule has 0 amide bonds. The Morgan fingerprint density at radius 2 is 2.11 bits per heavy atom. The molecule has 0 unspecified atom stereocenters. The maximum atomic E-state index is 11.1. The van der Waals surface area contributed by atoms with Gasteiger partial charge in [0, 0.05) is 12.4 Å². The van der Waals surface area contributed by atoms with Crippen molar-refractivity contribution in [2.24, 2.45) is 5.14 Å². The summed E-state index contributed by atoms with van der Waals surface area (Å²) in [6.07, 6.45) is 6.24. The SMILES string of the molecule is NS(=O)(=O)c1nn2cc(-c3cnccn3)nc2s1. The molecule has 0 fully saturated rings. The van der Waals surface area contributed by atoms with Crippen LogP contribution >= 0.6 is 11.3 Å². The van der Waals surface area contributed by atoms with Crippen molar-refractivity contribution in [1.82, 2.24) is 24.6 Å². The molecular formula is C8H6N6O2S2. The zero-order valence-electron chi connectivity index (χ0n) is 8.76. The summed E-state index contributed by atoms with van der Waals surface area (Å²) in [4.78, 5) is 12.7. The summed E-state index contributed by atoms with van der Waals surface area (Å²) in [5.74, 6) is 0. The van der Waals surface area contributed by atoms with E-state index in [2.05, 4.69) is 20.1 Å². The Labute approximate surface area is 105 Å². The van der Waals surface area contributed by atoms with Crippen LogP contribution in [0, 0.1) is 0 Å². The van der Waals surface area contributed by atoms with Crippen LogP contribution < -0.4 is 5.14 Å². The molecule has 18 heavy (non-hydrogen) atoms. The predicted octanol–water partition coefficient (Wildman–Crippen LogP) is -0.105. The summed E-state index contributed by atoms with van der Waals surface area (Å²) >= 11 is 0.899. The fourth-order valence-electron chi connectivity index (χ4n) is 1.35. The Bertz CT molecular complexity index is 775. The molecule has 2 N–H and O–H groups in total. The molecule has 0 bridgehead atoms. The number of sulfonamides is 1. The number of nitrogens with two attached hydrogens (primary N) is 1. The van der Waals surface area contributed by atoms with E-state index in [1.54, 1.807) is 24.8 Å². The van der Waals surface area contributed by atoms with Gasteiger partial charge < -0.3 is 0 Å². The highest BCUT2D eigenvalue weighted by atomic mass is 32.2. The summed E-state index contributed by atoms with van der Waals surface area (Å²) in [5.41, 5.74) is 1.16. The summed E-state index contributed by atoms with van der Waals surface area (Å²) in [6.45, 7) is 0. The van der Waals surface area contributed by atoms with Crippen LogP contribution in [0.5, 0.6) is 0 Å². The van der Waals surface area contributed by atoms with E-state index >= 15 is 0 Å². The van der Waals surface area contributed by atoms with Crippen LogP contribution in [0.25, 0.3) is 16.3 Å². The highest BCUT2D eigenvalue weighted by Gasteiger charge is 2.17. The van der Waals surface area contributed by atoms with E-state index in [0.717, 1.165) is 11.3 Å². The Kier molecular flexibility index (Phi) is 2.36. The van der Waals surface area contributed by atoms with Crippen LogP contribution in [0.15, 0.2) is 29.1 Å². The number of primary sulfonamides is 1. The Balaban J connectivity index is 2.12. The highest BCUT2D eigenvalue weighted by Crippen LogP contribution is 2.21. The van der Waals surface area contributed by atoms with Gasteiger partial charge in [0.25, 0.3) is 10.0 Å². The van der Waals surface area contributed by atoms with Crippen LogP contribution in [0.1, 0.15) is 0 Å². The van der Waals surface area contributed by atoms with Gasteiger partial charge in [-0.05, 0) is 0 Å². The lowest BCUT2D eigenvalue weighted by Crippen LogP contribution is -2.12. The minimum atomic E-state index is -3.79. The van der Waals surface area contributed by atoms with Crippen molar-refractivity contribution < 1.29 is 8.42 Å². The molecular weight excluding hydrogens is 276 g/mol. The molecule has 0 spiro atoms. The van der Waals surface area contributed by atoms with Crippen molar-refractivity contribution in [3.63, 3.8) is 0 Å². The maximum absolute atomic E-state index is 11.1. The van der Waals surface area contributed by atoms with E-state index < -0.39 is 10.0 Å². The van der Waals surface area contributed by atoms with E-state index in [-0.39, 0.29) is 4.34 Å². The van der Waals surface area contributed by atoms with Gasteiger partial charge in [0.05, 0.1) is 12.4 Å². The number of hydrogen-bond donors (Lipinski definition) is 1. The zero-order valence-corrected chi connectivity index (χ0v) is 10.4. The highest BCUT2D eigenvalue weighted by molar-refractivity contribution is 7.91. The standard InChI is InChI=1S/C8H6N6O2S2/c9-18(15,16)8-13-14-4-6(12-7(14)17-8)5-3-10-1-2-11-5/h1-4H,(H2,9,15,16). The molecule has 3 aromatic heterocycles. The third kappa shape index (κ3) is 1.85. The van der Waals surface area contributed by atoms with Crippen LogP contribution in [-0.2, 0) is 10.0 Å². The molecule has 0 aliphatic carbocycles. The molecule has 3 rings (SSSR count). The molecule has 0 aliphatic heterocycles. The van der Waals surface area contributed by atoms with Gasteiger partial charge in [-0.2, -0.15) is 0 Å². The monoisotopic (exact) mass is 282 g/mol. The average Bonchev–Trinajstić information content (AvgIpc) is 2.86. The molecule has 0 radical (unpaired) electrons. The average molecular weight is 282 g/mol. The molecule has 3 aromatic rings. The van der Waals surface area contributed by atoms with Gasteiger partial charge >= 0.3 is 0 Å². The van der Waals surface area contributed by atoms with E-state index in [1.807, 2.05) is 0 Å². The van der Waals surface area contributed by atoms with E-state index in [1.165, 1.54) is 4.52 Å². The van der Waals surface area contributed by atoms with E-state index in [0.29, 0.717) is 16.3 Å². The molecule has 3 heterocycles. The van der Waals surface area contributed by atoms with Crippen LogP contribution in [0.3, 0.4) is 0 Å². The van der Waals surface area contributed by atoms with Crippen molar-refractivity contribution in [2.45, 2.75) is 4.34 Å².